The predicted molar refractivity (Wildman–Crippen MR) is 87.4 cm³/mol. The van der Waals surface area contributed by atoms with E-state index < -0.39 is 0 Å². The van der Waals surface area contributed by atoms with Crippen molar-refractivity contribution in [3.63, 3.8) is 0 Å². The molecule has 1 aromatic carbocycles. The topological polar surface area (TPSA) is 42.7 Å². The van der Waals surface area contributed by atoms with Crippen LogP contribution in [0, 0.1) is 13.8 Å². The summed E-state index contributed by atoms with van der Waals surface area (Å²) < 4.78 is 2.15. The van der Waals surface area contributed by atoms with Crippen LogP contribution in [0.3, 0.4) is 0 Å². The van der Waals surface area contributed by atoms with Crippen molar-refractivity contribution < 1.29 is 0 Å². The van der Waals surface area contributed by atoms with Crippen LogP contribution in [-0.2, 0) is 0 Å². The van der Waals surface area contributed by atoms with Crippen LogP contribution in [0.5, 0.6) is 0 Å². The lowest BCUT2D eigenvalue weighted by Gasteiger charge is -2.16. The van der Waals surface area contributed by atoms with Gasteiger partial charge in [0, 0.05) is 18.1 Å². The van der Waals surface area contributed by atoms with E-state index in [4.69, 9.17) is 0 Å². The maximum Gasteiger partial charge on any atom is 0.207 e. The molecule has 5 heteroatoms. The van der Waals surface area contributed by atoms with Gasteiger partial charge in [-0.25, -0.2) is 9.97 Å². The minimum Gasteiger partial charge on any atom is -0.326 e. The summed E-state index contributed by atoms with van der Waals surface area (Å²) in [6.45, 7) is 6.29. The summed E-state index contributed by atoms with van der Waals surface area (Å²) in [5, 5.41) is 4.47. The molecule has 1 atom stereocenters. The smallest absolute Gasteiger partial charge is 0.207 e. The Hall–Kier alpha value is -2.14. The molecule has 0 saturated heterocycles. The molecular weight excluding hydrogens is 280 g/mol. The molecule has 2 heterocycles. The molecule has 2 aromatic heterocycles. The fraction of sp³-hybridized carbons (Fsp3) is 0.250. The maximum atomic E-state index is 4.52. The largest absolute Gasteiger partial charge is 0.326 e. The number of anilines is 2. The van der Waals surface area contributed by atoms with Crippen LogP contribution in [0.25, 0.3) is 0 Å². The summed E-state index contributed by atoms with van der Waals surface area (Å²) in [4.78, 5) is 10.2. The second kappa shape index (κ2) is 5.69. The molecule has 0 saturated carbocycles. The number of nitrogens with zero attached hydrogens (tertiary/aromatic N) is 3. The Morgan fingerprint density at radius 2 is 1.95 bits per heavy atom. The van der Waals surface area contributed by atoms with Crippen molar-refractivity contribution in [2.45, 2.75) is 26.8 Å². The molecule has 21 heavy (non-hydrogen) atoms. The molecule has 0 radical (unpaired) electrons. The van der Waals surface area contributed by atoms with Crippen molar-refractivity contribution in [1.29, 1.82) is 0 Å². The zero-order valence-electron chi connectivity index (χ0n) is 12.4. The Bertz CT molecular complexity index is 730. The van der Waals surface area contributed by atoms with Crippen molar-refractivity contribution >= 4 is 23.0 Å². The third-order valence-electron chi connectivity index (χ3n) is 3.43. The Morgan fingerprint density at radius 3 is 2.62 bits per heavy atom. The van der Waals surface area contributed by atoms with Crippen LogP contribution in [0.15, 0.2) is 42.7 Å². The van der Waals surface area contributed by atoms with Crippen LogP contribution in [-0.4, -0.2) is 14.5 Å². The molecule has 1 unspecified atom stereocenters. The summed E-state index contributed by atoms with van der Waals surface area (Å²) in [6, 6.07) is 10.3. The van der Waals surface area contributed by atoms with E-state index in [0.29, 0.717) is 0 Å². The zero-order chi connectivity index (χ0) is 14.8. The van der Waals surface area contributed by atoms with Crippen molar-refractivity contribution in [3.8, 4) is 0 Å². The molecule has 3 rings (SSSR count). The first-order valence-electron chi connectivity index (χ1n) is 6.94. The van der Waals surface area contributed by atoms with E-state index in [1.54, 1.807) is 11.3 Å². The number of para-hydroxylation sites is 1. The molecule has 1 N–H and O–H groups in total. The van der Waals surface area contributed by atoms with Crippen molar-refractivity contribution in [1.82, 2.24) is 14.5 Å². The van der Waals surface area contributed by atoms with Gasteiger partial charge in [-0.1, -0.05) is 18.2 Å². The van der Waals surface area contributed by atoms with Gasteiger partial charge >= 0.3 is 0 Å². The molecule has 0 aliphatic carbocycles. The van der Waals surface area contributed by atoms with Gasteiger partial charge in [0.25, 0.3) is 0 Å². The average Bonchev–Trinajstić information content (AvgIpc) is 3.06. The third-order valence-corrected chi connectivity index (χ3v) is 4.68. The van der Waals surface area contributed by atoms with Gasteiger partial charge < -0.3 is 9.88 Å². The summed E-state index contributed by atoms with van der Waals surface area (Å²) >= 11 is 1.75. The van der Waals surface area contributed by atoms with E-state index in [0.717, 1.165) is 22.3 Å². The molecule has 4 nitrogen and oxygen atoms in total. The molecule has 3 aromatic rings. The zero-order valence-corrected chi connectivity index (χ0v) is 13.2. The molecule has 108 valence electrons. The second-order valence-corrected chi connectivity index (χ2v) is 6.24. The molecule has 0 aliphatic rings. The minimum absolute atomic E-state index is 0.213. The summed E-state index contributed by atoms with van der Waals surface area (Å²) in [5.41, 5.74) is 2.14. The van der Waals surface area contributed by atoms with Crippen LogP contribution < -0.4 is 5.32 Å². The number of thiazole rings is 1. The molecule has 0 spiro atoms. The Kier molecular flexibility index (Phi) is 3.75. The van der Waals surface area contributed by atoms with Crippen LogP contribution in [0.1, 0.15) is 28.5 Å². The van der Waals surface area contributed by atoms with Gasteiger partial charge in [-0.3, -0.25) is 0 Å². The standard InChI is InChI=1S/C16H18N4S/c1-11-15(21-13(3)18-11)12(2)20-10-9-17-16(20)19-14-7-5-4-6-8-14/h4-10,12H,1-3H3,(H,17,19). The van der Waals surface area contributed by atoms with E-state index in [9.17, 15) is 0 Å². The van der Waals surface area contributed by atoms with Gasteiger partial charge in [-0.15, -0.1) is 11.3 Å². The Morgan fingerprint density at radius 1 is 1.19 bits per heavy atom. The first-order chi connectivity index (χ1) is 10.1. The fourth-order valence-electron chi connectivity index (χ4n) is 2.43. The number of benzene rings is 1. The highest BCUT2D eigenvalue weighted by Crippen LogP contribution is 2.30. The first kappa shape index (κ1) is 13.8. The molecule has 0 amide bonds. The monoisotopic (exact) mass is 298 g/mol. The molecule has 0 aliphatic heterocycles. The van der Waals surface area contributed by atoms with Crippen LogP contribution in [0.4, 0.5) is 11.6 Å². The van der Waals surface area contributed by atoms with E-state index in [1.165, 1.54) is 4.88 Å². The quantitative estimate of drug-likeness (QED) is 0.780. The van der Waals surface area contributed by atoms with Crippen molar-refractivity contribution in [2.24, 2.45) is 0 Å². The maximum absolute atomic E-state index is 4.52. The average molecular weight is 298 g/mol. The predicted octanol–water partition coefficient (Wildman–Crippen LogP) is 4.31. The van der Waals surface area contributed by atoms with Gasteiger partial charge in [-0.2, -0.15) is 0 Å². The number of imidazole rings is 1. The normalized spacial score (nSPS) is 12.3. The summed E-state index contributed by atoms with van der Waals surface area (Å²) in [5.74, 6) is 0.846. The molecular formula is C16H18N4S. The van der Waals surface area contributed by atoms with E-state index in [2.05, 4.69) is 33.7 Å². The van der Waals surface area contributed by atoms with Gasteiger partial charge in [0.1, 0.15) is 0 Å². The number of nitrogens with one attached hydrogen (secondary N) is 1. The van der Waals surface area contributed by atoms with Crippen molar-refractivity contribution in [2.75, 3.05) is 5.32 Å². The lowest BCUT2D eigenvalue weighted by atomic mass is 10.2. The van der Waals surface area contributed by atoms with Crippen molar-refractivity contribution in [3.05, 3.63) is 58.3 Å². The Balaban J connectivity index is 1.90. The highest BCUT2D eigenvalue weighted by Gasteiger charge is 2.17. The van der Waals surface area contributed by atoms with Gasteiger partial charge in [0.05, 0.1) is 21.6 Å². The minimum atomic E-state index is 0.213. The van der Waals surface area contributed by atoms with E-state index in [-0.39, 0.29) is 6.04 Å². The lowest BCUT2D eigenvalue weighted by molar-refractivity contribution is 0.653. The molecule has 0 bridgehead atoms. The summed E-state index contributed by atoms with van der Waals surface area (Å²) in [6.07, 6.45) is 3.83. The van der Waals surface area contributed by atoms with E-state index in [1.807, 2.05) is 49.6 Å². The van der Waals surface area contributed by atoms with Crippen LogP contribution >= 0.6 is 11.3 Å². The summed E-state index contributed by atoms with van der Waals surface area (Å²) in [7, 11) is 0. The highest BCUT2D eigenvalue weighted by molar-refractivity contribution is 7.11. The third kappa shape index (κ3) is 2.83. The number of hydrogen-bond acceptors (Lipinski definition) is 4. The van der Waals surface area contributed by atoms with Crippen LogP contribution in [0.2, 0.25) is 0 Å². The number of aromatic nitrogens is 3. The van der Waals surface area contributed by atoms with Gasteiger partial charge in [0.15, 0.2) is 0 Å². The highest BCUT2D eigenvalue weighted by atomic mass is 32.1. The van der Waals surface area contributed by atoms with Gasteiger partial charge in [-0.05, 0) is 32.9 Å². The number of rotatable bonds is 4. The second-order valence-electron chi connectivity index (χ2n) is 5.01. The number of aryl methyl sites for hydroxylation is 2. The number of hydrogen-bond donors (Lipinski definition) is 1. The molecule has 0 fully saturated rings. The Labute approximate surface area is 128 Å². The first-order valence-corrected chi connectivity index (χ1v) is 7.75. The fourth-order valence-corrected chi connectivity index (χ4v) is 3.41. The van der Waals surface area contributed by atoms with Gasteiger partial charge in [0.2, 0.25) is 5.95 Å². The SMILES string of the molecule is Cc1nc(C)c(C(C)n2ccnc2Nc2ccccc2)s1. The lowest BCUT2D eigenvalue weighted by Crippen LogP contribution is -2.09. The van der Waals surface area contributed by atoms with E-state index >= 15 is 0 Å².